The fourth-order valence-corrected chi connectivity index (χ4v) is 2.54. The van der Waals surface area contributed by atoms with E-state index in [0.717, 1.165) is 6.54 Å². The van der Waals surface area contributed by atoms with Gasteiger partial charge >= 0.3 is 0 Å². The maximum Gasteiger partial charge on any atom is 0.0211 e. The van der Waals surface area contributed by atoms with Crippen LogP contribution in [-0.2, 0) is 13.0 Å². The second kappa shape index (κ2) is 3.72. The maximum absolute atomic E-state index is 3.48. The van der Waals surface area contributed by atoms with Crippen molar-refractivity contribution < 1.29 is 0 Å². The van der Waals surface area contributed by atoms with Crippen LogP contribution in [-0.4, -0.2) is 12.3 Å². The zero-order valence-corrected chi connectivity index (χ0v) is 8.95. The SMILES string of the molecule is CSc1cccc2c1C[C@@H](C)NC2. The molecule has 13 heavy (non-hydrogen) atoms. The molecule has 0 amide bonds. The van der Waals surface area contributed by atoms with Crippen LogP contribution in [0, 0.1) is 0 Å². The lowest BCUT2D eigenvalue weighted by atomic mass is 9.97. The minimum Gasteiger partial charge on any atom is -0.310 e. The van der Waals surface area contributed by atoms with Gasteiger partial charge in [-0.1, -0.05) is 12.1 Å². The van der Waals surface area contributed by atoms with Crippen molar-refractivity contribution in [2.24, 2.45) is 0 Å². The highest BCUT2D eigenvalue weighted by Crippen LogP contribution is 2.27. The van der Waals surface area contributed by atoms with Crippen molar-refractivity contribution in [1.29, 1.82) is 0 Å². The smallest absolute Gasteiger partial charge is 0.0211 e. The van der Waals surface area contributed by atoms with E-state index in [0.29, 0.717) is 6.04 Å². The first kappa shape index (κ1) is 9.10. The molecule has 70 valence electrons. The Labute approximate surface area is 83.9 Å². The van der Waals surface area contributed by atoms with Crippen molar-refractivity contribution in [3.63, 3.8) is 0 Å². The maximum atomic E-state index is 3.48. The summed E-state index contributed by atoms with van der Waals surface area (Å²) in [5.74, 6) is 0. The summed E-state index contributed by atoms with van der Waals surface area (Å²) in [5.41, 5.74) is 3.03. The van der Waals surface area contributed by atoms with Crippen molar-refractivity contribution in [3.8, 4) is 0 Å². The van der Waals surface area contributed by atoms with E-state index < -0.39 is 0 Å². The van der Waals surface area contributed by atoms with Crippen LogP contribution in [0.1, 0.15) is 18.1 Å². The van der Waals surface area contributed by atoms with Crippen LogP contribution in [0.4, 0.5) is 0 Å². The molecule has 0 unspecified atom stereocenters. The third-order valence-electron chi connectivity index (χ3n) is 2.60. The summed E-state index contributed by atoms with van der Waals surface area (Å²) in [6.45, 7) is 3.28. The van der Waals surface area contributed by atoms with Gasteiger partial charge in [0.05, 0.1) is 0 Å². The normalized spacial score (nSPS) is 21.2. The zero-order chi connectivity index (χ0) is 9.26. The number of benzene rings is 1. The lowest BCUT2D eigenvalue weighted by Crippen LogP contribution is -2.33. The predicted molar refractivity (Wildman–Crippen MR) is 58.2 cm³/mol. The lowest BCUT2D eigenvalue weighted by molar-refractivity contribution is 0.509. The molecule has 1 N–H and O–H groups in total. The van der Waals surface area contributed by atoms with Gasteiger partial charge in [0.25, 0.3) is 0 Å². The van der Waals surface area contributed by atoms with Crippen molar-refractivity contribution >= 4 is 11.8 Å². The molecule has 0 bridgehead atoms. The Bertz CT molecular complexity index is 295. The standard InChI is InChI=1S/C11H15NS/c1-8-6-10-9(7-12-8)4-3-5-11(10)13-2/h3-5,8,12H,6-7H2,1-2H3/t8-/m1/s1. The van der Waals surface area contributed by atoms with E-state index in [2.05, 4.69) is 36.7 Å². The van der Waals surface area contributed by atoms with Crippen LogP contribution in [0.15, 0.2) is 23.1 Å². The molecule has 0 spiro atoms. The summed E-state index contributed by atoms with van der Waals surface area (Å²) in [7, 11) is 0. The average Bonchev–Trinajstić information content (AvgIpc) is 2.17. The fourth-order valence-electron chi connectivity index (χ4n) is 1.86. The molecule has 1 nitrogen and oxygen atoms in total. The van der Waals surface area contributed by atoms with Gasteiger partial charge in [0.2, 0.25) is 0 Å². The van der Waals surface area contributed by atoms with Crippen LogP contribution < -0.4 is 5.32 Å². The number of rotatable bonds is 1. The molecule has 0 aromatic heterocycles. The predicted octanol–water partition coefficient (Wildman–Crippen LogP) is 2.44. The molecule has 1 aliphatic heterocycles. The molecule has 1 atom stereocenters. The Balaban J connectivity index is 2.41. The van der Waals surface area contributed by atoms with E-state index in [4.69, 9.17) is 0 Å². The Morgan fingerprint density at radius 1 is 1.46 bits per heavy atom. The van der Waals surface area contributed by atoms with Gasteiger partial charge in [-0.2, -0.15) is 0 Å². The highest BCUT2D eigenvalue weighted by atomic mass is 32.2. The lowest BCUT2D eigenvalue weighted by Gasteiger charge is -2.24. The Morgan fingerprint density at radius 2 is 2.31 bits per heavy atom. The Hall–Kier alpha value is -0.470. The molecule has 0 saturated carbocycles. The summed E-state index contributed by atoms with van der Waals surface area (Å²) in [6.07, 6.45) is 3.33. The van der Waals surface area contributed by atoms with Gasteiger partial charge in [0, 0.05) is 17.5 Å². The molecule has 1 aliphatic rings. The van der Waals surface area contributed by atoms with Gasteiger partial charge in [-0.15, -0.1) is 11.8 Å². The second-order valence-electron chi connectivity index (χ2n) is 3.58. The number of fused-ring (bicyclic) bond motifs is 1. The van der Waals surface area contributed by atoms with Gasteiger partial charge in [-0.05, 0) is 36.8 Å². The van der Waals surface area contributed by atoms with E-state index in [9.17, 15) is 0 Å². The second-order valence-corrected chi connectivity index (χ2v) is 4.43. The van der Waals surface area contributed by atoms with E-state index in [-0.39, 0.29) is 0 Å². The average molecular weight is 193 g/mol. The first-order chi connectivity index (χ1) is 6.31. The molecule has 0 radical (unpaired) electrons. The van der Waals surface area contributed by atoms with Gasteiger partial charge < -0.3 is 5.32 Å². The summed E-state index contributed by atoms with van der Waals surface area (Å²) < 4.78 is 0. The minimum absolute atomic E-state index is 0.626. The number of nitrogens with one attached hydrogen (secondary N) is 1. The molecule has 1 aromatic carbocycles. The molecular weight excluding hydrogens is 178 g/mol. The third-order valence-corrected chi connectivity index (χ3v) is 3.42. The summed E-state index contributed by atoms with van der Waals surface area (Å²) in [6, 6.07) is 7.23. The molecule has 1 heterocycles. The first-order valence-corrected chi connectivity index (χ1v) is 5.92. The highest BCUT2D eigenvalue weighted by Gasteiger charge is 2.16. The first-order valence-electron chi connectivity index (χ1n) is 4.69. The van der Waals surface area contributed by atoms with Crippen LogP contribution in [0.5, 0.6) is 0 Å². The van der Waals surface area contributed by atoms with Crippen LogP contribution >= 0.6 is 11.8 Å². The largest absolute Gasteiger partial charge is 0.310 e. The topological polar surface area (TPSA) is 12.0 Å². The van der Waals surface area contributed by atoms with Crippen molar-refractivity contribution in [2.45, 2.75) is 30.8 Å². The monoisotopic (exact) mass is 193 g/mol. The molecule has 0 fully saturated rings. The van der Waals surface area contributed by atoms with Gasteiger partial charge in [0.1, 0.15) is 0 Å². The Morgan fingerprint density at radius 3 is 3.08 bits per heavy atom. The summed E-state index contributed by atoms with van der Waals surface area (Å²) in [5, 5.41) is 3.48. The van der Waals surface area contributed by atoms with Gasteiger partial charge in [-0.25, -0.2) is 0 Å². The third kappa shape index (κ3) is 1.74. The molecular formula is C11H15NS. The Kier molecular flexibility index (Phi) is 2.61. The van der Waals surface area contributed by atoms with E-state index >= 15 is 0 Å². The van der Waals surface area contributed by atoms with Crippen LogP contribution in [0.25, 0.3) is 0 Å². The van der Waals surface area contributed by atoms with Crippen molar-refractivity contribution in [3.05, 3.63) is 29.3 Å². The molecule has 0 aliphatic carbocycles. The van der Waals surface area contributed by atoms with E-state index in [1.165, 1.54) is 16.9 Å². The molecule has 1 aromatic rings. The molecule has 2 rings (SSSR count). The van der Waals surface area contributed by atoms with Gasteiger partial charge in [-0.3, -0.25) is 0 Å². The number of hydrogen-bond acceptors (Lipinski definition) is 2. The summed E-state index contributed by atoms with van der Waals surface area (Å²) >= 11 is 1.86. The molecule has 0 saturated heterocycles. The van der Waals surface area contributed by atoms with E-state index in [1.54, 1.807) is 5.56 Å². The molecule has 2 heteroatoms. The summed E-state index contributed by atoms with van der Waals surface area (Å²) in [4.78, 5) is 1.45. The van der Waals surface area contributed by atoms with Crippen molar-refractivity contribution in [2.75, 3.05) is 6.26 Å². The quantitative estimate of drug-likeness (QED) is 0.688. The van der Waals surface area contributed by atoms with Gasteiger partial charge in [0.15, 0.2) is 0 Å². The van der Waals surface area contributed by atoms with Crippen LogP contribution in [0.3, 0.4) is 0 Å². The number of thioether (sulfide) groups is 1. The van der Waals surface area contributed by atoms with Crippen molar-refractivity contribution in [1.82, 2.24) is 5.32 Å². The zero-order valence-electron chi connectivity index (χ0n) is 8.13. The fraction of sp³-hybridized carbons (Fsp3) is 0.455. The van der Waals surface area contributed by atoms with E-state index in [1.807, 2.05) is 11.8 Å². The highest BCUT2D eigenvalue weighted by molar-refractivity contribution is 7.98. The van der Waals surface area contributed by atoms with Crippen LogP contribution in [0.2, 0.25) is 0 Å². The number of hydrogen-bond donors (Lipinski definition) is 1. The minimum atomic E-state index is 0.626.